The first kappa shape index (κ1) is 29.6. The minimum absolute atomic E-state index is 0.0425. The lowest BCUT2D eigenvalue weighted by atomic mass is 10.0. The van der Waals surface area contributed by atoms with E-state index in [-0.39, 0.29) is 27.9 Å². The van der Waals surface area contributed by atoms with Crippen molar-refractivity contribution in [3.05, 3.63) is 89.4 Å². The molecule has 5 rings (SSSR count). The van der Waals surface area contributed by atoms with Gasteiger partial charge in [0.05, 0.1) is 9.61 Å². The second-order valence-corrected chi connectivity index (χ2v) is 11.9. The summed E-state index contributed by atoms with van der Waals surface area (Å²) in [6.07, 6.45) is 0.113. The smallest absolute Gasteiger partial charge is 0.416 e. The molecular weight excluding hydrogens is 651 g/mol. The molecule has 41 heavy (non-hydrogen) atoms. The average Bonchev–Trinajstić information content (AvgIpc) is 2.96. The maximum absolute atomic E-state index is 13.2. The van der Waals surface area contributed by atoms with Gasteiger partial charge in [-0.25, -0.2) is 9.37 Å². The first-order chi connectivity index (χ1) is 19.6. The third-order valence-corrected chi connectivity index (χ3v) is 8.86. The van der Waals surface area contributed by atoms with E-state index in [1.807, 2.05) is 4.90 Å². The van der Waals surface area contributed by atoms with Gasteiger partial charge in [-0.1, -0.05) is 34.7 Å². The highest BCUT2D eigenvalue weighted by atomic mass is 127. The van der Waals surface area contributed by atoms with Crippen LogP contribution in [0.15, 0.2) is 66.9 Å². The first-order valence-electron chi connectivity index (χ1n) is 13.6. The number of hydrogen-bond acceptors (Lipinski definition) is 5. The lowest BCUT2D eigenvalue weighted by Crippen LogP contribution is -2.47. The summed E-state index contributed by atoms with van der Waals surface area (Å²) in [6.45, 7) is 2.86. The molecule has 2 aliphatic rings. The van der Waals surface area contributed by atoms with E-state index in [0.717, 1.165) is 49.3 Å². The summed E-state index contributed by atoms with van der Waals surface area (Å²) < 4.78 is 58.1. The number of piperidine rings is 2. The molecule has 11 heteroatoms. The van der Waals surface area contributed by atoms with Crippen LogP contribution in [0.3, 0.4) is 0 Å². The number of aromatic nitrogens is 1. The summed E-state index contributed by atoms with van der Waals surface area (Å²) in [4.78, 5) is 21.7. The van der Waals surface area contributed by atoms with E-state index in [2.05, 4.69) is 37.8 Å². The standard InChI is InChI=1S/C30H31F4IN4O2/c31-23-5-1-20(2-6-23)19-39-14-10-24(18-27(39)35)37-29(40)21-9-13-36-28(17-21)41-26-11-15-38(16-12-26)25-7-3-22(4-8-25)30(32,33)34/h1-9,13,17,24,26-27H,10-12,14-16,18-19H2,(H,37,40). The van der Waals surface area contributed by atoms with Gasteiger partial charge in [0.2, 0.25) is 5.88 Å². The second-order valence-electron chi connectivity index (χ2n) is 10.5. The van der Waals surface area contributed by atoms with Crippen molar-refractivity contribution < 1.29 is 27.1 Å². The van der Waals surface area contributed by atoms with Crippen LogP contribution in [0.5, 0.6) is 5.88 Å². The molecule has 2 fully saturated rings. The van der Waals surface area contributed by atoms with Crippen LogP contribution in [0.2, 0.25) is 0 Å². The Morgan fingerprint density at radius 1 is 1.00 bits per heavy atom. The van der Waals surface area contributed by atoms with E-state index in [4.69, 9.17) is 4.74 Å². The van der Waals surface area contributed by atoms with Gasteiger partial charge in [0.1, 0.15) is 11.9 Å². The Morgan fingerprint density at radius 2 is 1.71 bits per heavy atom. The molecule has 0 aliphatic carbocycles. The zero-order chi connectivity index (χ0) is 29.0. The number of amides is 1. The Kier molecular flexibility index (Phi) is 9.32. The quantitative estimate of drug-likeness (QED) is 0.135. The van der Waals surface area contributed by atoms with Gasteiger partial charge >= 0.3 is 6.18 Å². The maximum atomic E-state index is 13.2. The molecule has 1 N–H and O–H groups in total. The van der Waals surface area contributed by atoms with Gasteiger partial charge in [-0.2, -0.15) is 13.2 Å². The first-order valence-corrected chi connectivity index (χ1v) is 14.9. The molecule has 218 valence electrons. The fourth-order valence-corrected chi connectivity index (χ4v) is 6.33. The molecule has 2 aliphatic heterocycles. The predicted octanol–water partition coefficient (Wildman–Crippen LogP) is 6.44. The van der Waals surface area contributed by atoms with Crippen molar-refractivity contribution in [2.24, 2.45) is 0 Å². The van der Waals surface area contributed by atoms with E-state index in [1.54, 1.807) is 30.5 Å². The van der Waals surface area contributed by atoms with Crippen molar-refractivity contribution in [3.63, 3.8) is 0 Å². The van der Waals surface area contributed by atoms with Crippen LogP contribution >= 0.6 is 22.6 Å². The molecule has 0 saturated carbocycles. The molecule has 0 radical (unpaired) electrons. The molecule has 2 aromatic carbocycles. The summed E-state index contributed by atoms with van der Waals surface area (Å²) in [7, 11) is 0. The summed E-state index contributed by atoms with van der Waals surface area (Å²) in [5.41, 5.74) is 1.64. The highest BCUT2D eigenvalue weighted by Crippen LogP contribution is 2.31. The molecule has 2 unspecified atom stereocenters. The van der Waals surface area contributed by atoms with E-state index < -0.39 is 11.7 Å². The summed E-state index contributed by atoms with van der Waals surface area (Å²) >= 11 is 2.40. The normalized spacial score (nSPS) is 20.6. The number of pyridine rings is 1. The molecule has 3 aromatic rings. The molecule has 0 bridgehead atoms. The number of rotatable bonds is 7. The number of carbonyl (C=O) groups is 1. The summed E-state index contributed by atoms with van der Waals surface area (Å²) in [6, 6.07) is 15.1. The Labute approximate surface area is 250 Å². The Morgan fingerprint density at radius 3 is 2.37 bits per heavy atom. The minimum atomic E-state index is -4.35. The van der Waals surface area contributed by atoms with Gasteiger partial charge in [0, 0.05) is 68.6 Å². The van der Waals surface area contributed by atoms with Crippen LogP contribution in [0.4, 0.5) is 23.2 Å². The van der Waals surface area contributed by atoms with Gasteiger partial charge < -0.3 is 15.0 Å². The van der Waals surface area contributed by atoms with Crippen LogP contribution in [0.25, 0.3) is 0 Å². The number of nitrogens with zero attached hydrogens (tertiary/aromatic N) is 3. The number of likely N-dealkylation sites (tertiary alicyclic amines) is 1. The lowest BCUT2D eigenvalue weighted by Gasteiger charge is -2.37. The van der Waals surface area contributed by atoms with E-state index in [9.17, 15) is 22.4 Å². The van der Waals surface area contributed by atoms with Crippen molar-refractivity contribution in [2.45, 2.75) is 54.6 Å². The van der Waals surface area contributed by atoms with Gasteiger partial charge in [0.25, 0.3) is 5.91 Å². The van der Waals surface area contributed by atoms with Crippen molar-refractivity contribution in [3.8, 4) is 5.88 Å². The van der Waals surface area contributed by atoms with Crippen molar-refractivity contribution in [1.82, 2.24) is 15.2 Å². The maximum Gasteiger partial charge on any atom is 0.416 e. The molecule has 2 atom stereocenters. The molecule has 6 nitrogen and oxygen atoms in total. The number of anilines is 1. The number of nitrogens with one attached hydrogen (secondary N) is 1. The second kappa shape index (κ2) is 12.9. The van der Waals surface area contributed by atoms with Gasteiger partial charge in [-0.3, -0.25) is 9.69 Å². The van der Waals surface area contributed by atoms with Crippen LogP contribution < -0.4 is 15.0 Å². The third kappa shape index (κ3) is 7.88. The highest BCUT2D eigenvalue weighted by molar-refractivity contribution is 14.1. The van der Waals surface area contributed by atoms with Crippen LogP contribution in [-0.2, 0) is 12.7 Å². The van der Waals surface area contributed by atoms with Crippen LogP contribution in [0.1, 0.15) is 47.2 Å². The average molecular weight is 683 g/mol. The number of halogens is 5. The van der Waals surface area contributed by atoms with Gasteiger partial charge in [0.15, 0.2) is 0 Å². The number of benzene rings is 2. The molecule has 3 heterocycles. The molecule has 2 saturated heterocycles. The molecule has 0 spiro atoms. The lowest BCUT2D eigenvalue weighted by molar-refractivity contribution is -0.137. The Hall–Kier alpha value is -2.93. The highest BCUT2D eigenvalue weighted by Gasteiger charge is 2.31. The monoisotopic (exact) mass is 682 g/mol. The van der Waals surface area contributed by atoms with E-state index >= 15 is 0 Å². The van der Waals surface area contributed by atoms with Crippen LogP contribution in [-0.4, -0.2) is 51.6 Å². The SMILES string of the molecule is O=C(NC1CCN(Cc2ccc(F)cc2)C(I)C1)c1ccnc(OC2CCN(c3ccc(C(F)(F)F)cc3)CC2)c1. The van der Waals surface area contributed by atoms with Crippen LogP contribution in [0, 0.1) is 5.82 Å². The summed E-state index contributed by atoms with van der Waals surface area (Å²) in [5, 5.41) is 3.15. The van der Waals surface area contributed by atoms with Crippen molar-refractivity contribution in [2.75, 3.05) is 24.5 Å². The molecular formula is C30H31F4IN4O2. The van der Waals surface area contributed by atoms with Gasteiger partial charge in [-0.05, 0) is 60.9 Å². The topological polar surface area (TPSA) is 57.7 Å². The molecule has 1 amide bonds. The zero-order valence-corrected chi connectivity index (χ0v) is 24.4. The fraction of sp³-hybridized carbons (Fsp3) is 0.400. The number of hydrogen-bond donors (Lipinski definition) is 1. The Balaban J connectivity index is 1.09. The van der Waals surface area contributed by atoms with Gasteiger partial charge in [-0.15, -0.1) is 0 Å². The minimum Gasteiger partial charge on any atom is -0.474 e. The molecule has 1 aromatic heterocycles. The Bertz CT molecular complexity index is 1320. The van der Waals surface area contributed by atoms with Crippen molar-refractivity contribution in [1.29, 1.82) is 0 Å². The van der Waals surface area contributed by atoms with E-state index in [1.165, 1.54) is 24.3 Å². The third-order valence-electron chi connectivity index (χ3n) is 7.56. The van der Waals surface area contributed by atoms with Crippen molar-refractivity contribution >= 4 is 34.2 Å². The predicted molar refractivity (Wildman–Crippen MR) is 157 cm³/mol. The fourth-order valence-electron chi connectivity index (χ4n) is 5.24. The largest absolute Gasteiger partial charge is 0.474 e. The number of ether oxygens (including phenoxy) is 1. The summed E-state index contributed by atoms with van der Waals surface area (Å²) in [5.74, 6) is -0.0330. The number of carbonyl (C=O) groups excluding carboxylic acids is 1. The zero-order valence-electron chi connectivity index (χ0n) is 22.3. The van der Waals surface area contributed by atoms with E-state index in [0.29, 0.717) is 37.4 Å². The number of alkyl halides is 4.